The normalized spacial score (nSPS) is 11.7. The highest BCUT2D eigenvalue weighted by atomic mass is 16.5. The van der Waals surface area contributed by atoms with Crippen LogP contribution in [-0.4, -0.2) is 17.0 Å². The molecule has 3 aromatic rings. The summed E-state index contributed by atoms with van der Waals surface area (Å²) in [5.74, 6) is 0.572. The van der Waals surface area contributed by atoms with E-state index < -0.39 is 6.10 Å². The highest BCUT2D eigenvalue weighted by Gasteiger charge is 2.16. The number of amides is 1. The highest BCUT2D eigenvalue weighted by Crippen LogP contribution is 2.22. The van der Waals surface area contributed by atoms with Crippen LogP contribution in [0.2, 0.25) is 0 Å². The Morgan fingerprint density at radius 2 is 1.67 bits per heavy atom. The lowest BCUT2D eigenvalue weighted by Crippen LogP contribution is -2.30. The van der Waals surface area contributed by atoms with Crippen LogP contribution in [0, 0.1) is 13.8 Å². The molecule has 27 heavy (non-hydrogen) atoms. The van der Waals surface area contributed by atoms with Crippen molar-refractivity contribution in [2.45, 2.75) is 33.3 Å². The molecule has 0 aliphatic rings. The number of ether oxygens (including phenoxy) is 1. The molecular formula is C23H24N2O2. The largest absolute Gasteiger partial charge is 0.481 e. The summed E-state index contributed by atoms with van der Waals surface area (Å²) in [6, 6.07) is 17.7. The number of carbonyl (C=O) groups excluding carboxylic acids is 1. The molecule has 0 aliphatic carbocycles. The van der Waals surface area contributed by atoms with Gasteiger partial charge in [0.1, 0.15) is 5.75 Å². The molecule has 1 heterocycles. The van der Waals surface area contributed by atoms with Gasteiger partial charge in [-0.25, -0.2) is 0 Å². The smallest absolute Gasteiger partial charge is 0.265 e. The third-order valence-corrected chi connectivity index (χ3v) is 4.61. The molecule has 0 spiro atoms. The fourth-order valence-corrected chi connectivity index (χ4v) is 2.78. The third-order valence-electron chi connectivity index (χ3n) is 4.61. The van der Waals surface area contributed by atoms with Gasteiger partial charge in [-0.3, -0.25) is 9.78 Å². The fourth-order valence-electron chi connectivity index (χ4n) is 2.78. The van der Waals surface area contributed by atoms with Crippen LogP contribution in [0.15, 0.2) is 67.0 Å². The van der Waals surface area contributed by atoms with E-state index in [9.17, 15) is 4.79 Å². The van der Waals surface area contributed by atoms with Crippen molar-refractivity contribution in [2.24, 2.45) is 0 Å². The van der Waals surface area contributed by atoms with Gasteiger partial charge in [0.25, 0.3) is 5.91 Å². The number of nitrogens with one attached hydrogen (secondary N) is 1. The van der Waals surface area contributed by atoms with Gasteiger partial charge in [-0.05, 0) is 79.8 Å². The molecule has 3 rings (SSSR count). The lowest BCUT2D eigenvalue weighted by Gasteiger charge is -2.17. The molecule has 1 aromatic heterocycles. The number of rotatable bonds is 6. The van der Waals surface area contributed by atoms with E-state index in [1.54, 1.807) is 19.3 Å². The monoisotopic (exact) mass is 360 g/mol. The van der Waals surface area contributed by atoms with E-state index in [2.05, 4.69) is 10.3 Å². The predicted octanol–water partition coefficient (Wildman–Crippen LogP) is 4.70. The Bertz CT molecular complexity index is 905. The van der Waals surface area contributed by atoms with E-state index in [4.69, 9.17) is 4.74 Å². The molecule has 138 valence electrons. The second-order valence-electron chi connectivity index (χ2n) is 6.68. The molecule has 0 unspecified atom stereocenters. The Morgan fingerprint density at radius 3 is 2.37 bits per heavy atom. The first-order valence-electron chi connectivity index (χ1n) is 9.04. The first kappa shape index (κ1) is 18.6. The van der Waals surface area contributed by atoms with Gasteiger partial charge in [0.05, 0.1) is 0 Å². The Labute approximate surface area is 160 Å². The maximum Gasteiger partial charge on any atom is 0.265 e. The van der Waals surface area contributed by atoms with E-state index in [0.717, 1.165) is 29.0 Å². The van der Waals surface area contributed by atoms with Crippen molar-refractivity contribution in [1.82, 2.24) is 4.98 Å². The molecule has 0 aliphatic heterocycles. The van der Waals surface area contributed by atoms with Crippen molar-refractivity contribution in [2.75, 3.05) is 5.32 Å². The molecule has 0 saturated carbocycles. The van der Waals surface area contributed by atoms with Crippen molar-refractivity contribution in [3.8, 4) is 5.75 Å². The molecule has 2 aromatic carbocycles. The number of pyridine rings is 1. The molecule has 4 nitrogen and oxygen atoms in total. The van der Waals surface area contributed by atoms with Crippen LogP contribution >= 0.6 is 0 Å². The molecule has 0 bridgehead atoms. The molecule has 0 radical (unpaired) electrons. The minimum atomic E-state index is -0.581. The van der Waals surface area contributed by atoms with Gasteiger partial charge < -0.3 is 10.1 Å². The lowest BCUT2D eigenvalue weighted by atomic mass is 10.1. The number of benzene rings is 2. The molecule has 4 heteroatoms. The predicted molar refractivity (Wildman–Crippen MR) is 108 cm³/mol. The highest BCUT2D eigenvalue weighted by molar-refractivity contribution is 5.94. The molecule has 1 amide bonds. The summed E-state index contributed by atoms with van der Waals surface area (Å²) in [5, 5.41) is 2.91. The molecular weight excluding hydrogens is 336 g/mol. The maximum absolute atomic E-state index is 12.4. The Balaban J connectivity index is 1.59. The standard InChI is InChI=1S/C23H24N2O2/c1-16-5-4-6-22(17(16)2)27-18(3)23(26)25-21-9-7-19(8-10-21)15-20-11-13-24-14-12-20/h4-14,18H,15H2,1-3H3,(H,25,26)/t18-/m1/s1. The maximum atomic E-state index is 12.4. The average molecular weight is 360 g/mol. The molecule has 1 atom stereocenters. The molecule has 0 fully saturated rings. The van der Waals surface area contributed by atoms with Crippen LogP contribution in [0.4, 0.5) is 5.69 Å². The minimum Gasteiger partial charge on any atom is -0.481 e. The molecule has 0 saturated heterocycles. The summed E-state index contributed by atoms with van der Waals surface area (Å²) in [7, 11) is 0. The zero-order chi connectivity index (χ0) is 19.2. The number of anilines is 1. The zero-order valence-corrected chi connectivity index (χ0v) is 15.9. The Hall–Kier alpha value is -3.14. The SMILES string of the molecule is Cc1cccc(O[C@H](C)C(=O)Nc2ccc(Cc3ccncc3)cc2)c1C. The van der Waals surface area contributed by atoms with Gasteiger partial charge in [-0.2, -0.15) is 0 Å². The van der Waals surface area contributed by atoms with Gasteiger partial charge >= 0.3 is 0 Å². The van der Waals surface area contributed by atoms with Crippen LogP contribution in [0.5, 0.6) is 5.75 Å². The lowest BCUT2D eigenvalue weighted by molar-refractivity contribution is -0.122. The first-order chi connectivity index (χ1) is 13.0. The van der Waals surface area contributed by atoms with Crippen molar-refractivity contribution >= 4 is 11.6 Å². The summed E-state index contributed by atoms with van der Waals surface area (Å²) >= 11 is 0. The van der Waals surface area contributed by atoms with E-state index in [1.165, 1.54) is 11.1 Å². The summed E-state index contributed by atoms with van der Waals surface area (Å²) in [6.07, 6.45) is 3.84. The van der Waals surface area contributed by atoms with Crippen molar-refractivity contribution in [3.63, 3.8) is 0 Å². The van der Waals surface area contributed by atoms with E-state index in [0.29, 0.717) is 0 Å². The fraction of sp³-hybridized carbons (Fsp3) is 0.217. The summed E-state index contributed by atoms with van der Waals surface area (Å²) in [5.41, 5.74) is 5.34. The van der Waals surface area contributed by atoms with Crippen molar-refractivity contribution < 1.29 is 9.53 Å². The van der Waals surface area contributed by atoms with Crippen molar-refractivity contribution in [1.29, 1.82) is 0 Å². The Kier molecular flexibility index (Phi) is 5.87. The summed E-state index contributed by atoms with van der Waals surface area (Å²) in [6.45, 7) is 5.78. The quantitative estimate of drug-likeness (QED) is 0.693. The third kappa shape index (κ3) is 4.94. The summed E-state index contributed by atoms with van der Waals surface area (Å²) in [4.78, 5) is 16.5. The second-order valence-corrected chi connectivity index (χ2v) is 6.68. The van der Waals surface area contributed by atoms with Crippen LogP contribution < -0.4 is 10.1 Å². The summed E-state index contributed by atoms with van der Waals surface area (Å²) < 4.78 is 5.84. The number of nitrogens with zero attached hydrogens (tertiary/aromatic N) is 1. The van der Waals surface area contributed by atoms with Crippen molar-refractivity contribution in [3.05, 3.63) is 89.2 Å². The number of hydrogen-bond donors (Lipinski definition) is 1. The van der Waals surface area contributed by atoms with Crippen LogP contribution in [0.1, 0.15) is 29.2 Å². The zero-order valence-electron chi connectivity index (χ0n) is 15.9. The van der Waals surface area contributed by atoms with E-state index in [1.807, 2.05) is 68.4 Å². The Morgan fingerprint density at radius 1 is 1.00 bits per heavy atom. The second kappa shape index (κ2) is 8.49. The molecule has 1 N–H and O–H groups in total. The first-order valence-corrected chi connectivity index (χ1v) is 9.04. The van der Waals surface area contributed by atoms with Gasteiger partial charge in [0, 0.05) is 18.1 Å². The van der Waals surface area contributed by atoms with Gasteiger partial charge in [-0.15, -0.1) is 0 Å². The van der Waals surface area contributed by atoms with Gasteiger partial charge in [0.2, 0.25) is 0 Å². The number of hydrogen-bond acceptors (Lipinski definition) is 3. The number of carbonyl (C=O) groups is 1. The van der Waals surface area contributed by atoms with Crippen LogP contribution in [0.25, 0.3) is 0 Å². The van der Waals surface area contributed by atoms with Crippen LogP contribution in [0.3, 0.4) is 0 Å². The van der Waals surface area contributed by atoms with Gasteiger partial charge in [-0.1, -0.05) is 24.3 Å². The average Bonchev–Trinajstić information content (AvgIpc) is 2.68. The van der Waals surface area contributed by atoms with Gasteiger partial charge in [0.15, 0.2) is 6.10 Å². The number of aryl methyl sites for hydroxylation is 1. The topological polar surface area (TPSA) is 51.2 Å². The minimum absolute atomic E-state index is 0.169. The van der Waals surface area contributed by atoms with Crippen LogP contribution in [-0.2, 0) is 11.2 Å². The van der Waals surface area contributed by atoms with E-state index >= 15 is 0 Å². The van der Waals surface area contributed by atoms with E-state index in [-0.39, 0.29) is 5.91 Å². The number of aromatic nitrogens is 1.